The average Bonchev–Trinajstić information content (AvgIpc) is 3.08. The topological polar surface area (TPSA) is 59.8 Å². The summed E-state index contributed by atoms with van der Waals surface area (Å²) in [7, 11) is 0. The number of carbonyl (C=O) groups is 1. The van der Waals surface area contributed by atoms with Gasteiger partial charge in [-0.15, -0.1) is 0 Å². The predicted molar refractivity (Wildman–Crippen MR) is 108 cm³/mol. The molecule has 0 radical (unpaired) electrons. The van der Waals surface area contributed by atoms with Crippen molar-refractivity contribution in [1.82, 2.24) is 19.9 Å². The van der Waals surface area contributed by atoms with Crippen LogP contribution in [0, 0.1) is 27.7 Å². The van der Waals surface area contributed by atoms with Crippen LogP contribution in [0.1, 0.15) is 33.6 Å². The Kier molecular flexibility index (Phi) is 5.50. The summed E-state index contributed by atoms with van der Waals surface area (Å²) >= 11 is 0. The lowest BCUT2D eigenvalue weighted by Gasteiger charge is -2.07. The van der Waals surface area contributed by atoms with E-state index in [-0.39, 0.29) is 5.91 Å². The molecule has 27 heavy (non-hydrogen) atoms. The Labute approximate surface area is 159 Å². The van der Waals surface area contributed by atoms with Gasteiger partial charge in [0.15, 0.2) is 0 Å². The monoisotopic (exact) mass is 360 g/mol. The molecule has 3 rings (SSSR count). The maximum absolute atomic E-state index is 12.1. The Bertz CT molecular complexity index is 984. The van der Waals surface area contributed by atoms with E-state index in [1.54, 1.807) is 18.5 Å². The molecule has 0 bridgehead atoms. The highest BCUT2D eigenvalue weighted by Crippen LogP contribution is 2.16. The van der Waals surface area contributed by atoms with Crippen LogP contribution in [-0.2, 0) is 11.3 Å². The van der Waals surface area contributed by atoms with Crippen molar-refractivity contribution in [2.24, 2.45) is 0 Å². The molecule has 5 nitrogen and oxygen atoms in total. The van der Waals surface area contributed by atoms with Crippen LogP contribution in [0.4, 0.5) is 0 Å². The fraction of sp³-hybridized carbons (Fsp3) is 0.227. The second kappa shape index (κ2) is 7.99. The largest absolute Gasteiger partial charge is 0.348 e. The van der Waals surface area contributed by atoms with E-state index in [4.69, 9.17) is 0 Å². The predicted octanol–water partition coefficient (Wildman–Crippen LogP) is 3.83. The van der Waals surface area contributed by atoms with Crippen LogP contribution in [-0.4, -0.2) is 20.4 Å². The average molecular weight is 360 g/mol. The molecule has 0 aliphatic heterocycles. The molecule has 0 aliphatic rings. The molecule has 0 fully saturated rings. The molecule has 0 atom stereocenters. The quantitative estimate of drug-likeness (QED) is 0.704. The molecular weight excluding hydrogens is 336 g/mol. The van der Waals surface area contributed by atoms with Crippen LogP contribution in [0.2, 0.25) is 0 Å². The number of aromatic nitrogens is 3. The normalized spacial score (nSPS) is 11.1. The van der Waals surface area contributed by atoms with Gasteiger partial charge in [-0.1, -0.05) is 18.2 Å². The molecule has 2 heterocycles. The first-order valence-corrected chi connectivity index (χ1v) is 8.93. The van der Waals surface area contributed by atoms with Crippen molar-refractivity contribution in [2.75, 3.05) is 0 Å². The molecular formula is C22H24N4O. The minimum absolute atomic E-state index is 0.123. The summed E-state index contributed by atoms with van der Waals surface area (Å²) in [6.45, 7) is 8.59. The highest BCUT2D eigenvalue weighted by Gasteiger charge is 2.03. The Morgan fingerprint density at radius 2 is 1.85 bits per heavy atom. The second-order valence-electron chi connectivity index (χ2n) is 6.71. The van der Waals surface area contributed by atoms with Gasteiger partial charge < -0.3 is 5.32 Å². The number of hydrogen-bond donors (Lipinski definition) is 1. The van der Waals surface area contributed by atoms with E-state index in [1.165, 1.54) is 11.1 Å². The van der Waals surface area contributed by atoms with Gasteiger partial charge in [-0.2, -0.15) is 0 Å². The molecule has 0 saturated heterocycles. The lowest BCUT2D eigenvalue weighted by atomic mass is 10.0. The SMILES string of the molecule is Cc1cc(C)c(C=CC(=O)NCc2ccc(-n3ccnc3C)nc2)cc1C. The third-order valence-electron chi connectivity index (χ3n) is 4.65. The van der Waals surface area contributed by atoms with E-state index in [0.717, 1.165) is 28.3 Å². The summed E-state index contributed by atoms with van der Waals surface area (Å²) in [5.41, 5.74) is 5.66. The van der Waals surface area contributed by atoms with Gasteiger partial charge in [-0.3, -0.25) is 9.36 Å². The number of nitrogens with zero attached hydrogens (tertiary/aromatic N) is 3. The number of hydrogen-bond acceptors (Lipinski definition) is 3. The third-order valence-corrected chi connectivity index (χ3v) is 4.65. The summed E-state index contributed by atoms with van der Waals surface area (Å²) in [5.74, 6) is 1.57. The van der Waals surface area contributed by atoms with E-state index in [0.29, 0.717) is 6.54 Å². The van der Waals surface area contributed by atoms with Crippen LogP contribution >= 0.6 is 0 Å². The van der Waals surface area contributed by atoms with Crippen LogP contribution in [0.15, 0.2) is 48.9 Å². The van der Waals surface area contributed by atoms with E-state index < -0.39 is 0 Å². The molecule has 0 aliphatic carbocycles. The molecule has 2 aromatic heterocycles. The highest BCUT2D eigenvalue weighted by molar-refractivity contribution is 5.91. The lowest BCUT2D eigenvalue weighted by molar-refractivity contribution is -0.116. The number of rotatable bonds is 5. The van der Waals surface area contributed by atoms with Crippen molar-refractivity contribution in [3.05, 3.63) is 82.6 Å². The van der Waals surface area contributed by atoms with Gasteiger partial charge in [0.25, 0.3) is 0 Å². The number of amides is 1. The Morgan fingerprint density at radius 3 is 2.52 bits per heavy atom. The minimum atomic E-state index is -0.123. The van der Waals surface area contributed by atoms with Crippen molar-refractivity contribution >= 4 is 12.0 Å². The Balaban J connectivity index is 1.59. The first-order chi connectivity index (χ1) is 12.9. The van der Waals surface area contributed by atoms with Gasteiger partial charge in [0.1, 0.15) is 11.6 Å². The summed E-state index contributed by atoms with van der Waals surface area (Å²) in [4.78, 5) is 20.8. The van der Waals surface area contributed by atoms with Crippen LogP contribution in [0.25, 0.3) is 11.9 Å². The summed E-state index contributed by atoms with van der Waals surface area (Å²) in [5, 5.41) is 2.90. The van der Waals surface area contributed by atoms with E-state index in [9.17, 15) is 4.79 Å². The molecule has 1 aromatic carbocycles. The molecule has 0 saturated carbocycles. The maximum Gasteiger partial charge on any atom is 0.244 e. The van der Waals surface area contributed by atoms with E-state index in [1.807, 2.05) is 35.9 Å². The standard InChI is InChI=1S/C22H24N4O/c1-15-11-17(3)20(12-16(15)2)6-8-22(27)25-14-19-5-7-21(24-13-19)26-10-9-23-18(26)4/h5-13H,14H2,1-4H3,(H,25,27). The zero-order valence-electron chi connectivity index (χ0n) is 16.2. The van der Waals surface area contributed by atoms with Gasteiger partial charge in [-0.05, 0) is 67.7 Å². The first kappa shape index (κ1) is 18.6. The van der Waals surface area contributed by atoms with Crippen molar-refractivity contribution < 1.29 is 4.79 Å². The molecule has 5 heteroatoms. The van der Waals surface area contributed by atoms with Crippen LogP contribution in [0.3, 0.4) is 0 Å². The fourth-order valence-electron chi connectivity index (χ4n) is 2.86. The third kappa shape index (κ3) is 4.50. The fourth-order valence-corrected chi connectivity index (χ4v) is 2.86. The van der Waals surface area contributed by atoms with Gasteiger partial charge in [0.05, 0.1) is 0 Å². The molecule has 138 valence electrons. The summed E-state index contributed by atoms with van der Waals surface area (Å²) in [6.07, 6.45) is 8.83. The molecule has 0 unspecified atom stereocenters. The van der Waals surface area contributed by atoms with Crippen molar-refractivity contribution in [2.45, 2.75) is 34.2 Å². The minimum Gasteiger partial charge on any atom is -0.348 e. The number of aryl methyl sites for hydroxylation is 4. The molecule has 3 aromatic rings. The smallest absolute Gasteiger partial charge is 0.244 e. The van der Waals surface area contributed by atoms with Crippen LogP contribution < -0.4 is 5.32 Å². The van der Waals surface area contributed by atoms with Gasteiger partial charge in [0.2, 0.25) is 5.91 Å². The second-order valence-corrected chi connectivity index (χ2v) is 6.71. The number of nitrogens with one attached hydrogen (secondary N) is 1. The molecule has 1 N–H and O–H groups in total. The molecule has 1 amide bonds. The zero-order valence-corrected chi connectivity index (χ0v) is 16.2. The van der Waals surface area contributed by atoms with Gasteiger partial charge in [-0.25, -0.2) is 9.97 Å². The maximum atomic E-state index is 12.1. The highest BCUT2D eigenvalue weighted by atomic mass is 16.1. The van der Waals surface area contributed by atoms with E-state index >= 15 is 0 Å². The molecule has 0 spiro atoms. The van der Waals surface area contributed by atoms with Crippen molar-refractivity contribution in [3.8, 4) is 5.82 Å². The van der Waals surface area contributed by atoms with Crippen molar-refractivity contribution in [1.29, 1.82) is 0 Å². The summed E-state index contributed by atoms with van der Waals surface area (Å²) in [6, 6.07) is 8.13. The number of carbonyl (C=O) groups excluding carboxylic acids is 1. The van der Waals surface area contributed by atoms with Gasteiger partial charge in [0, 0.05) is 31.2 Å². The number of imidazole rings is 1. The lowest BCUT2D eigenvalue weighted by Crippen LogP contribution is -2.20. The van der Waals surface area contributed by atoms with Crippen LogP contribution in [0.5, 0.6) is 0 Å². The Morgan fingerprint density at radius 1 is 1.07 bits per heavy atom. The number of pyridine rings is 1. The van der Waals surface area contributed by atoms with Gasteiger partial charge >= 0.3 is 0 Å². The zero-order chi connectivity index (χ0) is 19.4. The Hall–Kier alpha value is -3.21. The van der Waals surface area contributed by atoms with E-state index in [2.05, 4.69) is 48.2 Å². The first-order valence-electron chi connectivity index (χ1n) is 8.93. The summed E-state index contributed by atoms with van der Waals surface area (Å²) < 4.78 is 1.91. The number of benzene rings is 1. The van der Waals surface area contributed by atoms with Crippen molar-refractivity contribution in [3.63, 3.8) is 0 Å².